The van der Waals surface area contributed by atoms with Crippen LogP contribution in [-0.4, -0.2) is 45.2 Å². The standard InChI is InChI=1S/C28H36N2.C19H22N2.C3H8O2/c1-18-5-7-24(11-19(18)2)28(14-22-6-8-25(28)12-22)26-9-10-27-23(13-26)16-29-17-30(27)15-20(3)21(29)4;20-17-7-3-14(4-8-17)19(12-13-1-2-16(19)11-13)15-5-9-18(21)10-6-15;1-4-3-5-2/h5,7,9-11,13,20-22,25H,6,8,12,14-17H2,1-4H3;3-10,13,16H,1-2,11-12,20-21H2;3H2,1-2H3. The lowest BCUT2D eigenvalue weighted by Gasteiger charge is -2.49. The fraction of sp³-hybridized carbons (Fsp3) is 0.520. The predicted octanol–water partition coefficient (Wildman–Crippen LogP) is 10.2. The molecule has 0 amide bonds. The van der Waals surface area contributed by atoms with Gasteiger partial charge in [0.05, 0.1) is 6.67 Å². The fourth-order valence-electron chi connectivity index (χ4n) is 12.3. The molecule has 298 valence electrons. The summed E-state index contributed by atoms with van der Waals surface area (Å²) in [4.78, 5) is 5.31. The van der Waals surface area contributed by atoms with E-state index in [-0.39, 0.29) is 10.8 Å². The molecule has 2 heterocycles. The van der Waals surface area contributed by atoms with Crippen molar-refractivity contribution >= 4 is 17.1 Å². The number of nitrogens with two attached hydrogens (primary N) is 2. The highest BCUT2D eigenvalue weighted by Gasteiger charge is 2.54. The Kier molecular flexibility index (Phi) is 11.0. The molecule has 4 aliphatic carbocycles. The van der Waals surface area contributed by atoms with Crippen LogP contribution in [0.15, 0.2) is 84.9 Å². The molecule has 4 saturated carbocycles. The molecule has 10 rings (SSSR count). The number of nitrogens with zero attached hydrogens (tertiary/aromatic N) is 2. The van der Waals surface area contributed by atoms with Gasteiger partial charge in [-0.3, -0.25) is 4.90 Å². The number of rotatable bonds is 6. The number of aryl methyl sites for hydroxylation is 2. The molecule has 8 atom stereocenters. The Labute approximate surface area is 336 Å². The van der Waals surface area contributed by atoms with Gasteiger partial charge in [-0.1, -0.05) is 74.4 Å². The van der Waals surface area contributed by atoms with Gasteiger partial charge in [0.2, 0.25) is 0 Å². The van der Waals surface area contributed by atoms with E-state index in [1.165, 1.54) is 85.9 Å². The lowest BCUT2D eigenvalue weighted by Crippen LogP contribution is -2.56. The summed E-state index contributed by atoms with van der Waals surface area (Å²) in [5.74, 6) is 4.10. The number of nitrogen functional groups attached to an aromatic ring is 2. The van der Waals surface area contributed by atoms with Gasteiger partial charge < -0.3 is 25.8 Å². The Morgan fingerprint density at radius 2 is 1.16 bits per heavy atom. The van der Waals surface area contributed by atoms with E-state index in [9.17, 15) is 0 Å². The smallest absolute Gasteiger partial charge is 0.145 e. The second kappa shape index (κ2) is 15.8. The number of ether oxygens (including phenoxy) is 2. The van der Waals surface area contributed by atoms with Gasteiger partial charge in [0, 0.05) is 61.2 Å². The van der Waals surface area contributed by atoms with E-state index in [1.807, 2.05) is 24.3 Å². The van der Waals surface area contributed by atoms with Crippen molar-refractivity contribution in [1.82, 2.24) is 4.90 Å². The molecule has 5 fully saturated rings. The number of methoxy groups -OCH3 is 2. The van der Waals surface area contributed by atoms with Crippen molar-refractivity contribution in [1.29, 1.82) is 0 Å². The molecule has 0 aromatic heterocycles. The van der Waals surface area contributed by atoms with E-state index in [2.05, 4.69) is 108 Å². The summed E-state index contributed by atoms with van der Waals surface area (Å²) in [7, 11) is 3.17. The summed E-state index contributed by atoms with van der Waals surface area (Å²) in [5.41, 5.74) is 25.8. The topological polar surface area (TPSA) is 77.0 Å². The minimum Gasteiger partial charge on any atom is -0.399 e. The van der Waals surface area contributed by atoms with E-state index >= 15 is 0 Å². The van der Waals surface area contributed by atoms with Crippen LogP contribution in [0.1, 0.15) is 104 Å². The normalized spacial score (nSPS) is 30.2. The Balaban J connectivity index is 0.000000148. The highest BCUT2D eigenvalue weighted by Crippen LogP contribution is 2.61. The molecule has 4 N–H and O–H groups in total. The summed E-state index contributed by atoms with van der Waals surface area (Å²) >= 11 is 0. The minimum absolute atomic E-state index is 0.171. The van der Waals surface area contributed by atoms with Crippen LogP contribution in [0.2, 0.25) is 0 Å². The van der Waals surface area contributed by atoms with Crippen LogP contribution in [0.3, 0.4) is 0 Å². The molecule has 2 aliphatic heterocycles. The molecule has 0 radical (unpaired) electrons. The van der Waals surface area contributed by atoms with Gasteiger partial charge >= 0.3 is 0 Å². The maximum atomic E-state index is 5.89. The lowest BCUT2D eigenvalue weighted by molar-refractivity contribution is -0.00272. The molecule has 0 spiro atoms. The van der Waals surface area contributed by atoms with Crippen molar-refractivity contribution in [2.24, 2.45) is 29.6 Å². The van der Waals surface area contributed by atoms with E-state index in [4.69, 9.17) is 11.5 Å². The van der Waals surface area contributed by atoms with Crippen molar-refractivity contribution in [2.45, 2.75) is 102 Å². The van der Waals surface area contributed by atoms with Gasteiger partial charge in [0.15, 0.2) is 0 Å². The zero-order chi connectivity index (χ0) is 39.2. The molecule has 6 heteroatoms. The maximum Gasteiger partial charge on any atom is 0.145 e. The molecular weight excluding hydrogens is 689 g/mol. The van der Waals surface area contributed by atoms with Crippen LogP contribution in [0.25, 0.3) is 0 Å². The first-order valence-corrected chi connectivity index (χ1v) is 21.5. The second-order valence-corrected chi connectivity index (χ2v) is 18.5. The van der Waals surface area contributed by atoms with Gasteiger partial charge in [0.1, 0.15) is 6.79 Å². The van der Waals surface area contributed by atoms with E-state index in [1.54, 1.807) is 30.9 Å². The number of fused-ring (bicyclic) bond motifs is 8. The van der Waals surface area contributed by atoms with Crippen LogP contribution in [-0.2, 0) is 26.8 Å². The van der Waals surface area contributed by atoms with Crippen molar-refractivity contribution in [2.75, 3.05) is 50.6 Å². The van der Waals surface area contributed by atoms with Crippen LogP contribution < -0.4 is 16.4 Å². The molecule has 4 aromatic carbocycles. The Morgan fingerprint density at radius 3 is 1.64 bits per heavy atom. The van der Waals surface area contributed by atoms with Crippen LogP contribution in [0.5, 0.6) is 0 Å². The average Bonchev–Trinajstić information content (AvgIpc) is 4.02. The van der Waals surface area contributed by atoms with Gasteiger partial charge in [0.25, 0.3) is 0 Å². The molecule has 6 bridgehead atoms. The van der Waals surface area contributed by atoms with Crippen LogP contribution >= 0.6 is 0 Å². The van der Waals surface area contributed by atoms with Gasteiger partial charge in [-0.2, -0.15) is 0 Å². The fourth-order valence-corrected chi connectivity index (χ4v) is 12.3. The number of anilines is 3. The first-order chi connectivity index (χ1) is 27.0. The zero-order valence-electron chi connectivity index (χ0n) is 34.9. The monoisotopic (exact) mass is 755 g/mol. The van der Waals surface area contributed by atoms with Gasteiger partial charge in [-0.25, -0.2) is 0 Å². The lowest BCUT2D eigenvalue weighted by atomic mass is 9.63. The molecule has 8 unspecified atom stereocenters. The third-order valence-electron chi connectivity index (χ3n) is 15.4. The molecular formula is C50H66N4O2. The highest BCUT2D eigenvalue weighted by molar-refractivity contribution is 5.60. The molecule has 6 nitrogen and oxygen atoms in total. The minimum atomic E-state index is 0.171. The number of hydrogen-bond acceptors (Lipinski definition) is 6. The summed E-state index contributed by atoms with van der Waals surface area (Å²) in [6, 6.07) is 32.7. The summed E-state index contributed by atoms with van der Waals surface area (Å²) < 4.78 is 8.94. The van der Waals surface area contributed by atoms with Crippen molar-refractivity contribution in [3.05, 3.63) is 124 Å². The molecule has 6 aliphatic rings. The Hall–Kier alpha value is -3.84. The van der Waals surface area contributed by atoms with Crippen LogP contribution in [0.4, 0.5) is 17.1 Å². The average molecular weight is 755 g/mol. The first kappa shape index (κ1) is 39.0. The largest absolute Gasteiger partial charge is 0.399 e. The first-order valence-electron chi connectivity index (χ1n) is 21.5. The quantitative estimate of drug-likeness (QED) is 0.151. The second-order valence-electron chi connectivity index (χ2n) is 18.5. The van der Waals surface area contributed by atoms with Gasteiger partial charge in [-0.05, 0) is 158 Å². The summed E-state index contributed by atoms with van der Waals surface area (Å²) in [5, 5.41) is 0. The van der Waals surface area contributed by atoms with Crippen molar-refractivity contribution < 1.29 is 9.47 Å². The number of benzene rings is 4. The third kappa shape index (κ3) is 6.94. The van der Waals surface area contributed by atoms with Crippen molar-refractivity contribution in [3.8, 4) is 0 Å². The summed E-state index contributed by atoms with van der Waals surface area (Å²) in [6.07, 6.45) is 11.0. The zero-order valence-corrected chi connectivity index (χ0v) is 34.9. The SMILES string of the molecule is COCOC.Cc1ccc(C2(c3ccc4c(c3)CN3CN4CC(C)C3C)CC3CCC2C3)cc1C.Nc1ccc(C2(c3ccc(N)cc3)CC3CCC2C3)cc1. The highest BCUT2D eigenvalue weighted by atomic mass is 16.6. The predicted molar refractivity (Wildman–Crippen MR) is 232 cm³/mol. The molecule has 56 heavy (non-hydrogen) atoms. The summed E-state index contributed by atoms with van der Waals surface area (Å²) in [6.45, 7) is 13.2. The van der Waals surface area contributed by atoms with E-state index in [0.717, 1.165) is 54.2 Å². The van der Waals surface area contributed by atoms with Crippen molar-refractivity contribution in [3.63, 3.8) is 0 Å². The Bertz CT molecular complexity index is 1930. The third-order valence-corrected chi connectivity index (χ3v) is 15.4. The maximum absolute atomic E-state index is 5.89. The number of hydrogen-bond donors (Lipinski definition) is 2. The van der Waals surface area contributed by atoms with E-state index < -0.39 is 0 Å². The molecule has 4 aromatic rings. The Morgan fingerprint density at radius 1 is 0.643 bits per heavy atom. The van der Waals surface area contributed by atoms with Crippen LogP contribution in [0, 0.1) is 43.4 Å². The molecule has 1 saturated heterocycles. The van der Waals surface area contributed by atoms with Gasteiger partial charge in [-0.15, -0.1) is 0 Å². The van der Waals surface area contributed by atoms with E-state index in [0.29, 0.717) is 12.8 Å².